The monoisotopic (exact) mass is 363 g/mol. The average molecular weight is 363 g/mol. The molecule has 0 aromatic carbocycles. The number of nitrogens with one attached hydrogen (secondary N) is 2. The first-order chi connectivity index (χ1) is 12.2. The average Bonchev–Trinajstić information content (AvgIpc) is 2.59. The highest BCUT2D eigenvalue weighted by molar-refractivity contribution is 5.92. The Kier molecular flexibility index (Phi) is 6.48. The minimum Gasteiger partial charge on any atom is -0.444 e. The third kappa shape index (κ3) is 6.30. The molecular weight excluding hydrogens is 338 g/mol. The van der Waals surface area contributed by atoms with Crippen LogP contribution in [-0.2, 0) is 9.53 Å². The first-order valence-corrected chi connectivity index (χ1v) is 8.56. The Morgan fingerprint density at radius 2 is 1.92 bits per heavy atom. The molecule has 9 heteroatoms. The predicted molar refractivity (Wildman–Crippen MR) is 93.3 cm³/mol. The summed E-state index contributed by atoms with van der Waals surface area (Å²) in [6, 6.07) is -0.0210. The van der Waals surface area contributed by atoms with Gasteiger partial charge in [-0.25, -0.2) is 9.78 Å². The van der Waals surface area contributed by atoms with Gasteiger partial charge in [-0.2, -0.15) is 0 Å². The summed E-state index contributed by atoms with van der Waals surface area (Å²) in [5.41, 5.74) is -0.333. The molecule has 0 radical (unpaired) electrons. The van der Waals surface area contributed by atoms with E-state index < -0.39 is 11.7 Å². The van der Waals surface area contributed by atoms with Crippen LogP contribution >= 0.6 is 0 Å². The van der Waals surface area contributed by atoms with E-state index in [9.17, 15) is 14.4 Å². The zero-order valence-electron chi connectivity index (χ0n) is 15.3. The molecular formula is C17H25N5O4. The number of carbonyl (C=O) groups is 3. The summed E-state index contributed by atoms with van der Waals surface area (Å²) in [5, 5.41) is 5.37. The van der Waals surface area contributed by atoms with E-state index in [1.54, 1.807) is 25.7 Å². The Hall–Kier alpha value is -2.71. The van der Waals surface area contributed by atoms with Gasteiger partial charge in [0.15, 0.2) is 0 Å². The standard InChI is InChI=1S/C17H25N5O4/c1-17(2,3)26-16(25)20-11-14(23)22-8-4-12(5-9-22)21-15(24)13-10-18-6-7-19-13/h6-7,10,12H,4-5,8-9,11H2,1-3H3,(H,20,25)(H,21,24). The molecule has 1 aliphatic rings. The van der Waals surface area contributed by atoms with Crippen molar-refractivity contribution in [2.45, 2.75) is 45.3 Å². The second-order valence-electron chi connectivity index (χ2n) is 7.07. The van der Waals surface area contributed by atoms with Gasteiger partial charge in [0.2, 0.25) is 5.91 Å². The molecule has 1 saturated heterocycles. The Bertz CT molecular complexity index is 636. The lowest BCUT2D eigenvalue weighted by molar-refractivity contribution is -0.131. The highest BCUT2D eigenvalue weighted by Gasteiger charge is 2.25. The van der Waals surface area contributed by atoms with E-state index in [0.717, 1.165) is 0 Å². The van der Waals surface area contributed by atoms with Crippen molar-refractivity contribution in [1.29, 1.82) is 0 Å². The van der Waals surface area contributed by atoms with Crippen LogP contribution < -0.4 is 10.6 Å². The van der Waals surface area contributed by atoms with Crippen LogP contribution in [0.1, 0.15) is 44.1 Å². The number of alkyl carbamates (subject to hydrolysis) is 1. The fraction of sp³-hybridized carbons (Fsp3) is 0.588. The van der Waals surface area contributed by atoms with Crippen molar-refractivity contribution in [3.63, 3.8) is 0 Å². The second kappa shape index (κ2) is 8.59. The van der Waals surface area contributed by atoms with E-state index in [-0.39, 0.29) is 30.1 Å². The summed E-state index contributed by atoms with van der Waals surface area (Å²) in [4.78, 5) is 45.3. The van der Waals surface area contributed by atoms with Gasteiger partial charge in [-0.3, -0.25) is 14.6 Å². The molecule has 0 saturated carbocycles. The Labute approximate surface area is 152 Å². The number of rotatable bonds is 4. The first-order valence-electron chi connectivity index (χ1n) is 8.56. The third-order valence-corrected chi connectivity index (χ3v) is 3.76. The van der Waals surface area contributed by atoms with Gasteiger partial charge in [-0.1, -0.05) is 0 Å². The quantitative estimate of drug-likeness (QED) is 0.815. The van der Waals surface area contributed by atoms with Crippen molar-refractivity contribution in [2.75, 3.05) is 19.6 Å². The van der Waals surface area contributed by atoms with Crippen LogP contribution in [0.15, 0.2) is 18.6 Å². The maximum Gasteiger partial charge on any atom is 0.408 e. The van der Waals surface area contributed by atoms with Crippen LogP contribution in [0.4, 0.5) is 4.79 Å². The molecule has 0 spiro atoms. The van der Waals surface area contributed by atoms with Crippen molar-refractivity contribution in [3.05, 3.63) is 24.3 Å². The number of ether oxygens (including phenoxy) is 1. The molecule has 1 aromatic rings. The lowest BCUT2D eigenvalue weighted by Crippen LogP contribution is -2.49. The second-order valence-corrected chi connectivity index (χ2v) is 7.07. The Balaban J connectivity index is 1.71. The van der Waals surface area contributed by atoms with Crippen LogP contribution in [-0.4, -0.2) is 64.1 Å². The van der Waals surface area contributed by atoms with Gasteiger partial charge in [0.05, 0.1) is 6.20 Å². The molecule has 1 aromatic heterocycles. The third-order valence-electron chi connectivity index (χ3n) is 3.76. The molecule has 0 unspecified atom stereocenters. The molecule has 0 atom stereocenters. The normalized spacial score (nSPS) is 15.3. The predicted octanol–water partition coefficient (Wildman–Crippen LogP) is 0.722. The smallest absolute Gasteiger partial charge is 0.408 e. The molecule has 26 heavy (non-hydrogen) atoms. The molecule has 1 fully saturated rings. The summed E-state index contributed by atoms with van der Waals surface area (Å²) >= 11 is 0. The topological polar surface area (TPSA) is 114 Å². The highest BCUT2D eigenvalue weighted by atomic mass is 16.6. The van der Waals surface area contributed by atoms with Crippen LogP contribution in [0.5, 0.6) is 0 Å². The molecule has 2 rings (SSSR count). The van der Waals surface area contributed by atoms with Gasteiger partial charge in [0.1, 0.15) is 17.8 Å². The van der Waals surface area contributed by atoms with Crippen LogP contribution in [0.25, 0.3) is 0 Å². The molecule has 9 nitrogen and oxygen atoms in total. The van der Waals surface area contributed by atoms with Crippen molar-refractivity contribution >= 4 is 17.9 Å². The van der Waals surface area contributed by atoms with Gasteiger partial charge in [0.25, 0.3) is 5.91 Å². The van der Waals surface area contributed by atoms with Gasteiger partial charge in [0, 0.05) is 31.5 Å². The number of piperidine rings is 1. The maximum atomic E-state index is 12.2. The van der Waals surface area contributed by atoms with Crippen LogP contribution in [0.2, 0.25) is 0 Å². The number of hydrogen-bond acceptors (Lipinski definition) is 6. The lowest BCUT2D eigenvalue weighted by atomic mass is 10.0. The fourth-order valence-electron chi connectivity index (χ4n) is 2.52. The van der Waals surface area contributed by atoms with Gasteiger partial charge in [-0.05, 0) is 33.6 Å². The van der Waals surface area contributed by atoms with Crippen molar-refractivity contribution < 1.29 is 19.1 Å². The van der Waals surface area contributed by atoms with Crippen molar-refractivity contribution in [3.8, 4) is 0 Å². The number of likely N-dealkylation sites (tertiary alicyclic amines) is 1. The van der Waals surface area contributed by atoms with Gasteiger partial charge < -0.3 is 20.3 Å². The maximum absolute atomic E-state index is 12.2. The summed E-state index contributed by atoms with van der Waals surface area (Å²) in [7, 11) is 0. The summed E-state index contributed by atoms with van der Waals surface area (Å²) in [5.74, 6) is -0.441. The van der Waals surface area contributed by atoms with Crippen LogP contribution in [0.3, 0.4) is 0 Å². The zero-order chi connectivity index (χ0) is 19.2. The number of hydrogen-bond donors (Lipinski definition) is 2. The highest BCUT2D eigenvalue weighted by Crippen LogP contribution is 2.11. The minimum atomic E-state index is -0.614. The SMILES string of the molecule is CC(C)(C)OC(=O)NCC(=O)N1CCC(NC(=O)c2cnccn2)CC1. The number of carbonyl (C=O) groups excluding carboxylic acids is 3. The van der Waals surface area contributed by atoms with E-state index in [4.69, 9.17) is 4.74 Å². The number of aromatic nitrogens is 2. The van der Waals surface area contributed by atoms with E-state index in [1.165, 1.54) is 18.6 Å². The molecule has 0 bridgehead atoms. The zero-order valence-corrected chi connectivity index (χ0v) is 15.3. The van der Waals surface area contributed by atoms with Gasteiger partial charge in [-0.15, -0.1) is 0 Å². The first kappa shape index (κ1) is 19.6. The minimum absolute atomic E-state index is 0.0210. The largest absolute Gasteiger partial charge is 0.444 e. The fourth-order valence-corrected chi connectivity index (χ4v) is 2.52. The number of amides is 3. The molecule has 142 valence electrons. The Morgan fingerprint density at radius 1 is 1.23 bits per heavy atom. The molecule has 0 aliphatic carbocycles. The summed E-state index contributed by atoms with van der Waals surface area (Å²) in [6.45, 7) is 6.20. The van der Waals surface area contributed by atoms with Crippen molar-refractivity contribution in [2.24, 2.45) is 0 Å². The molecule has 2 heterocycles. The van der Waals surface area contributed by atoms with E-state index in [2.05, 4.69) is 20.6 Å². The van der Waals surface area contributed by atoms with Crippen LogP contribution in [0, 0.1) is 0 Å². The lowest BCUT2D eigenvalue weighted by Gasteiger charge is -2.32. The number of nitrogens with zero attached hydrogens (tertiary/aromatic N) is 3. The van der Waals surface area contributed by atoms with E-state index in [1.807, 2.05) is 0 Å². The summed E-state index contributed by atoms with van der Waals surface area (Å²) in [6.07, 6.45) is 5.06. The Morgan fingerprint density at radius 3 is 2.50 bits per heavy atom. The van der Waals surface area contributed by atoms with Gasteiger partial charge >= 0.3 is 6.09 Å². The summed E-state index contributed by atoms with van der Waals surface area (Å²) < 4.78 is 5.10. The molecule has 1 aliphatic heterocycles. The van der Waals surface area contributed by atoms with Crippen molar-refractivity contribution in [1.82, 2.24) is 25.5 Å². The molecule has 2 N–H and O–H groups in total. The molecule has 3 amide bonds. The van der Waals surface area contributed by atoms with E-state index >= 15 is 0 Å². The van der Waals surface area contributed by atoms with E-state index in [0.29, 0.717) is 25.9 Å².